The van der Waals surface area contributed by atoms with E-state index in [-0.39, 0.29) is 11.6 Å². The highest BCUT2D eigenvalue weighted by Gasteiger charge is 2.26. The highest BCUT2D eigenvalue weighted by Crippen LogP contribution is 2.25. The van der Waals surface area contributed by atoms with E-state index in [0.29, 0.717) is 48.1 Å². The predicted octanol–water partition coefficient (Wildman–Crippen LogP) is 2.91. The van der Waals surface area contributed by atoms with Gasteiger partial charge in [0.2, 0.25) is 0 Å². The smallest absolute Gasteiger partial charge is 0.273 e. The number of carbonyl (C=O) groups excluding carboxylic acids is 1. The van der Waals surface area contributed by atoms with Crippen LogP contribution in [0.4, 0.5) is 11.5 Å². The number of anilines is 1. The fourth-order valence-electron chi connectivity index (χ4n) is 2.95. The van der Waals surface area contributed by atoms with Gasteiger partial charge < -0.3 is 9.80 Å². The molecule has 1 aromatic heterocycles. The van der Waals surface area contributed by atoms with Crippen LogP contribution in [0.25, 0.3) is 0 Å². The molecule has 1 aliphatic heterocycles. The summed E-state index contributed by atoms with van der Waals surface area (Å²) in [6.07, 6.45) is 1.69. The summed E-state index contributed by atoms with van der Waals surface area (Å²) in [6, 6.07) is 8.15. The van der Waals surface area contributed by atoms with Gasteiger partial charge in [0.1, 0.15) is 5.82 Å². The van der Waals surface area contributed by atoms with Crippen molar-refractivity contribution < 1.29 is 9.72 Å². The molecule has 1 saturated heterocycles. The van der Waals surface area contributed by atoms with Crippen LogP contribution in [0.5, 0.6) is 0 Å². The summed E-state index contributed by atoms with van der Waals surface area (Å²) < 4.78 is 0. The Hall–Kier alpha value is -2.67. The molecule has 0 saturated carbocycles. The molecule has 0 radical (unpaired) electrons. The van der Waals surface area contributed by atoms with Crippen molar-refractivity contribution in [2.75, 3.05) is 31.1 Å². The van der Waals surface area contributed by atoms with Gasteiger partial charge in [0, 0.05) is 49.6 Å². The van der Waals surface area contributed by atoms with Gasteiger partial charge in [0.25, 0.3) is 11.6 Å². The molecule has 0 N–H and O–H groups in total. The first-order chi connectivity index (χ1) is 12.0. The number of amides is 1. The van der Waals surface area contributed by atoms with Crippen molar-refractivity contribution in [3.63, 3.8) is 0 Å². The number of nitro benzene ring substituents is 1. The Bertz CT molecular complexity index is 819. The fraction of sp³-hybridized carbons (Fsp3) is 0.294. The van der Waals surface area contributed by atoms with E-state index in [1.54, 1.807) is 42.3 Å². The lowest BCUT2D eigenvalue weighted by Gasteiger charge is -2.35. The highest BCUT2D eigenvalue weighted by atomic mass is 35.5. The lowest BCUT2D eigenvalue weighted by Crippen LogP contribution is -2.49. The average Bonchev–Trinajstić information content (AvgIpc) is 2.62. The number of carbonyl (C=O) groups is 1. The Kier molecular flexibility index (Phi) is 4.85. The molecule has 130 valence electrons. The number of nitro groups is 1. The number of nitrogens with zero attached hydrogens (tertiary/aromatic N) is 4. The van der Waals surface area contributed by atoms with Gasteiger partial charge in [-0.15, -0.1) is 0 Å². The molecule has 3 rings (SSSR count). The average molecular weight is 361 g/mol. The van der Waals surface area contributed by atoms with E-state index in [1.807, 2.05) is 4.90 Å². The van der Waals surface area contributed by atoms with Gasteiger partial charge >= 0.3 is 0 Å². The van der Waals surface area contributed by atoms with Crippen LogP contribution < -0.4 is 4.90 Å². The van der Waals surface area contributed by atoms with Gasteiger partial charge in [-0.3, -0.25) is 14.9 Å². The molecule has 25 heavy (non-hydrogen) atoms. The van der Waals surface area contributed by atoms with E-state index < -0.39 is 4.92 Å². The van der Waals surface area contributed by atoms with Crippen LogP contribution in [-0.4, -0.2) is 46.9 Å². The highest BCUT2D eigenvalue weighted by molar-refractivity contribution is 6.32. The molecular formula is C17H17ClN4O3. The van der Waals surface area contributed by atoms with Crippen LogP contribution in [-0.2, 0) is 0 Å². The number of halogens is 1. The summed E-state index contributed by atoms with van der Waals surface area (Å²) in [5, 5.41) is 11.6. The van der Waals surface area contributed by atoms with E-state index >= 15 is 0 Å². The predicted molar refractivity (Wildman–Crippen MR) is 95.2 cm³/mol. The number of rotatable bonds is 3. The van der Waals surface area contributed by atoms with E-state index in [1.165, 1.54) is 6.07 Å². The summed E-state index contributed by atoms with van der Waals surface area (Å²) >= 11 is 6.17. The molecule has 2 heterocycles. The molecule has 0 unspecified atom stereocenters. The summed E-state index contributed by atoms with van der Waals surface area (Å²) in [5.41, 5.74) is 0.732. The minimum atomic E-state index is -0.465. The van der Waals surface area contributed by atoms with Crippen LogP contribution in [0.2, 0.25) is 5.02 Å². The summed E-state index contributed by atoms with van der Waals surface area (Å²) in [6.45, 7) is 3.84. The van der Waals surface area contributed by atoms with Gasteiger partial charge in [0.05, 0.1) is 9.95 Å². The Morgan fingerprint density at radius 2 is 1.92 bits per heavy atom. The molecule has 0 atom stereocenters. The molecule has 7 nitrogen and oxygen atoms in total. The molecule has 0 aliphatic carbocycles. The number of hydrogen-bond donors (Lipinski definition) is 0. The maximum absolute atomic E-state index is 12.7. The minimum absolute atomic E-state index is 0.0373. The Morgan fingerprint density at radius 3 is 2.56 bits per heavy atom. The van der Waals surface area contributed by atoms with Gasteiger partial charge in [-0.05, 0) is 25.1 Å². The Balaban J connectivity index is 1.73. The third-order valence-electron chi connectivity index (χ3n) is 4.34. The number of piperazine rings is 1. The first kappa shape index (κ1) is 17.2. The summed E-state index contributed by atoms with van der Waals surface area (Å²) in [7, 11) is 0. The van der Waals surface area contributed by atoms with Gasteiger partial charge in [0.15, 0.2) is 0 Å². The molecule has 1 amide bonds. The van der Waals surface area contributed by atoms with Crippen LogP contribution >= 0.6 is 11.6 Å². The molecule has 1 aromatic carbocycles. The quantitative estimate of drug-likeness (QED) is 0.621. The minimum Gasteiger partial charge on any atom is -0.352 e. The largest absolute Gasteiger partial charge is 0.352 e. The summed E-state index contributed by atoms with van der Waals surface area (Å²) in [5.74, 6) is 0.524. The van der Waals surface area contributed by atoms with Crippen molar-refractivity contribution in [3.8, 4) is 0 Å². The third-order valence-corrected chi connectivity index (χ3v) is 4.63. The molecule has 2 aromatic rings. The molecule has 1 fully saturated rings. The van der Waals surface area contributed by atoms with E-state index in [9.17, 15) is 14.9 Å². The molecule has 0 spiro atoms. The van der Waals surface area contributed by atoms with Gasteiger partial charge in [-0.1, -0.05) is 17.7 Å². The van der Waals surface area contributed by atoms with E-state index in [2.05, 4.69) is 4.98 Å². The summed E-state index contributed by atoms with van der Waals surface area (Å²) in [4.78, 5) is 31.4. The van der Waals surface area contributed by atoms with Crippen molar-refractivity contribution in [1.29, 1.82) is 0 Å². The van der Waals surface area contributed by atoms with Crippen molar-refractivity contribution in [1.82, 2.24) is 9.88 Å². The zero-order valence-corrected chi connectivity index (χ0v) is 14.4. The number of hydrogen-bond acceptors (Lipinski definition) is 5. The van der Waals surface area contributed by atoms with Crippen LogP contribution in [0.15, 0.2) is 36.5 Å². The third kappa shape index (κ3) is 3.41. The second-order valence-electron chi connectivity index (χ2n) is 5.79. The SMILES string of the molecule is Cc1c(C(=O)N2CCN(c3ncccc3Cl)CC2)cccc1[N+](=O)[O-]. The van der Waals surface area contributed by atoms with E-state index in [4.69, 9.17) is 11.6 Å². The zero-order valence-electron chi connectivity index (χ0n) is 13.7. The Morgan fingerprint density at radius 1 is 1.20 bits per heavy atom. The zero-order chi connectivity index (χ0) is 18.0. The van der Waals surface area contributed by atoms with Crippen molar-refractivity contribution in [2.24, 2.45) is 0 Å². The molecule has 1 aliphatic rings. The first-order valence-corrected chi connectivity index (χ1v) is 8.25. The lowest BCUT2D eigenvalue weighted by molar-refractivity contribution is -0.385. The normalized spacial score (nSPS) is 14.5. The first-order valence-electron chi connectivity index (χ1n) is 7.88. The van der Waals surface area contributed by atoms with Crippen molar-refractivity contribution >= 4 is 29.0 Å². The number of pyridine rings is 1. The van der Waals surface area contributed by atoms with Gasteiger partial charge in [-0.25, -0.2) is 4.98 Å². The van der Waals surface area contributed by atoms with Crippen LogP contribution in [0.1, 0.15) is 15.9 Å². The second kappa shape index (κ2) is 7.06. The number of aromatic nitrogens is 1. The maximum atomic E-state index is 12.7. The fourth-order valence-corrected chi connectivity index (χ4v) is 3.20. The number of benzene rings is 1. The standard InChI is InChI=1S/C17H17ClN4O3/c1-12-13(4-2-6-15(12)22(24)25)17(23)21-10-8-20(9-11-21)16-14(18)5-3-7-19-16/h2-7H,8-11H2,1H3. The van der Waals surface area contributed by atoms with Crippen LogP contribution in [0.3, 0.4) is 0 Å². The van der Waals surface area contributed by atoms with Crippen molar-refractivity contribution in [3.05, 3.63) is 62.8 Å². The van der Waals surface area contributed by atoms with E-state index in [0.717, 1.165) is 0 Å². The van der Waals surface area contributed by atoms with Gasteiger partial charge in [-0.2, -0.15) is 0 Å². The Labute approximate surface area is 150 Å². The van der Waals surface area contributed by atoms with Crippen LogP contribution in [0, 0.1) is 17.0 Å². The lowest BCUT2D eigenvalue weighted by atomic mass is 10.1. The topological polar surface area (TPSA) is 79.6 Å². The molecule has 8 heteroatoms. The van der Waals surface area contributed by atoms with Crippen molar-refractivity contribution in [2.45, 2.75) is 6.92 Å². The second-order valence-corrected chi connectivity index (χ2v) is 6.20. The molecular weight excluding hydrogens is 344 g/mol. The monoisotopic (exact) mass is 360 g/mol. The molecule has 0 bridgehead atoms. The maximum Gasteiger partial charge on any atom is 0.273 e.